The Morgan fingerprint density at radius 3 is 2.56 bits per heavy atom. The third-order valence-electron chi connectivity index (χ3n) is 4.03. The summed E-state index contributed by atoms with van der Waals surface area (Å²) in [7, 11) is -3.66. The van der Waals surface area contributed by atoms with Crippen LogP contribution in [0.15, 0.2) is 59.5 Å². The van der Waals surface area contributed by atoms with Crippen LogP contribution < -0.4 is 9.62 Å². The normalized spacial score (nSPS) is 11.5. The summed E-state index contributed by atoms with van der Waals surface area (Å²) in [6.07, 6.45) is 0. The van der Waals surface area contributed by atoms with E-state index in [2.05, 4.69) is 5.32 Å². The highest BCUT2D eigenvalue weighted by Gasteiger charge is 2.23. The molecule has 0 saturated heterocycles. The molecule has 3 aromatic rings. The zero-order valence-electron chi connectivity index (χ0n) is 14.8. The van der Waals surface area contributed by atoms with Crippen molar-refractivity contribution in [3.05, 3.63) is 59.5 Å². The first kappa shape index (κ1) is 19.3. The molecule has 2 N–H and O–H groups in total. The monoisotopic (exact) mass is 404 g/mol. The summed E-state index contributed by atoms with van der Waals surface area (Å²) in [5, 5.41) is 12.2. The molecule has 1 aromatic heterocycles. The number of sulfonamides is 1. The Morgan fingerprint density at radius 2 is 1.89 bits per heavy atom. The van der Waals surface area contributed by atoms with E-state index in [1.165, 1.54) is 15.6 Å². The van der Waals surface area contributed by atoms with Gasteiger partial charge in [-0.1, -0.05) is 18.2 Å². The van der Waals surface area contributed by atoms with Gasteiger partial charge in [0, 0.05) is 17.8 Å². The third-order valence-corrected chi connectivity index (χ3v) is 7.06. The summed E-state index contributed by atoms with van der Waals surface area (Å²) in [6.45, 7) is 2.14. The summed E-state index contributed by atoms with van der Waals surface area (Å²) >= 11 is 1.33. The molecule has 0 saturated carbocycles. The molecule has 0 fully saturated rings. The van der Waals surface area contributed by atoms with Crippen LogP contribution in [0.5, 0.6) is 0 Å². The molecular weight excluding hydrogens is 384 g/mol. The highest BCUT2D eigenvalue weighted by atomic mass is 32.2. The van der Waals surface area contributed by atoms with Crippen molar-refractivity contribution in [3.8, 4) is 0 Å². The van der Waals surface area contributed by atoms with Crippen molar-refractivity contribution in [2.45, 2.75) is 11.8 Å². The summed E-state index contributed by atoms with van der Waals surface area (Å²) in [6, 6.07) is 15.4. The van der Waals surface area contributed by atoms with Gasteiger partial charge in [0.15, 0.2) is 0 Å². The Bertz CT molecular complexity index is 1050. The van der Waals surface area contributed by atoms with E-state index in [1.54, 1.807) is 55.5 Å². The molecule has 0 radical (unpaired) electrons. The fourth-order valence-electron chi connectivity index (χ4n) is 2.77. The molecule has 0 unspecified atom stereocenters. The number of amides is 1. The second-order valence-electron chi connectivity index (χ2n) is 5.80. The van der Waals surface area contributed by atoms with Gasteiger partial charge >= 0.3 is 0 Å². The largest absolute Gasteiger partial charge is 0.395 e. The highest BCUT2D eigenvalue weighted by Crippen LogP contribution is 2.31. The summed E-state index contributed by atoms with van der Waals surface area (Å²) in [5.41, 5.74) is 0.550. The van der Waals surface area contributed by atoms with E-state index in [0.29, 0.717) is 10.6 Å². The quantitative estimate of drug-likeness (QED) is 0.634. The zero-order valence-corrected chi connectivity index (χ0v) is 16.4. The van der Waals surface area contributed by atoms with Crippen molar-refractivity contribution in [1.82, 2.24) is 5.32 Å². The molecule has 27 heavy (non-hydrogen) atoms. The maximum atomic E-state index is 13.0. The van der Waals surface area contributed by atoms with E-state index in [9.17, 15) is 13.2 Å². The van der Waals surface area contributed by atoms with Gasteiger partial charge in [-0.3, -0.25) is 9.10 Å². The van der Waals surface area contributed by atoms with Gasteiger partial charge in [-0.05, 0) is 48.7 Å². The maximum absolute atomic E-state index is 13.0. The van der Waals surface area contributed by atoms with E-state index in [1.807, 2.05) is 6.07 Å². The summed E-state index contributed by atoms with van der Waals surface area (Å²) in [5.74, 6) is -0.254. The van der Waals surface area contributed by atoms with Gasteiger partial charge in [0.2, 0.25) is 0 Å². The lowest BCUT2D eigenvalue weighted by atomic mass is 10.2. The van der Waals surface area contributed by atoms with Gasteiger partial charge in [-0.15, -0.1) is 11.3 Å². The lowest BCUT2D eigenvalue weighted by molar-refractivity contribution is 0.0949. The number of thiophene rings is 1. The molecular formula is C19H20N2O4S2. The number of carbonyl (C=O) groups is 1. The van der Waals surface area contributed by atoms with Crippen molar-refractivity contribution in [1.29, 1.82) is 0 Å². The molecule has 0 aliphatic heterocycles. The van der Waals surface area contributed by atoms with Crippen molar-refractivity contribution in [3.63, 3.8) is 0 Å². The SMILES string of the molecule is CCN(c1ccc2sc(C(=O)NCCO)cc2c1)S(=O)(=O)c1ccccc1. The number of carbonyl (C=O) groups excluding carboxylic acids is 1. The Morgan fingerprint density at radius 1 is 1.15 bits per heavy atom. The summed E-state index contributed by atoms with van der Waals surface area (Å²) < 4.78 is 28.2. The lowest BCUT2D eigenvalue weighted by Crippen LogP contribution is -2.30. The average molecular weight is 405 g/mol. The Balaban J connectivity index is 1.97. The molecule has 8 heteroatoms. The van der Waals surface area contributed by atoms with Crippen LogP contribution in [0.2, 0.25) is 0 Å². The molecule has 0 aliphatic rings. The number of nitrogens with one attached hydrogen (secondary N) is 1. The fourth-order valence-corrected chi connectivity index (χ4v) is 5.21. The highest BCUT2D eigenvalue weighted by molar-refractivity contribution is 7.92. The number of rotatable bonds is 7. The molecule has 1 amide bonds. The third kappa shape index (κ3) is 3.97. The predicted molar refractivity (Wildman–Crippen MR) is 108 cm³/mol. The molecule has 2 aromatic carbocycles. The van der Waals surface area contributed by atoms with Crippen molar-refractivity contribution >= 4 is 43.0 Å². The first-order valence-corrected chi connectivity index (χ1v) is 10.7. The number of aliphatic hydroxyl groups is 1. The van der Waals surface area contributed by atoms with Gasteiger partial charge in [0.05, 0.1) is 22.1 Å². The number of aliphatic hydroxyl groups excluding tert-OH is 1. The van der Waals surface area contributed by atoms with Crippen LogP contribution in [0.1, 0.15) is 16.6 Å². The van der Waals surface area contributed by atoms with Gasteiger partial charge in [0.1, 0.15) is 0 Å². The van der Waals surface area contributed by atoms with E-state index >= 15 is 0 Å². The van der Waals surface area contributed by atoms with Crippen molar-refractivity contribution < 1.29 is 18.3 Å². The van der Waals surface area contributed by atoms with Crippen LogP contribution >= 0.6 is 11.3 Å². The fraction of sp³-hybridized carbons (Fsp3) is 0.211. The number of benzene rings is 2. The molecule has 6 nitrogen and oxygen atoms in total. The predicted octanol–water partition coefficient (Wildman–Crippen LogP) is 2.84. The minimum absolute atomic E-state index is 0.121. The number of hydrogen-bond donors (Lipinski definition) is 2. The number of fused-ring (bicyclic) bond motifs is 1. The van der Waals surface area contributed by atoms with Crippen LogP contribution in [-0.4, -0.2) is 39.1 Å². The van der Waals surface area contributed by atoms with E-state index in [4.69, 9.17) is 5.11 Å². The number of hydrogen-bond acceptors (Lipinski definition) is 5. The number of anilines is 1. The standard InChI is InChI=1S/C19H20N2O4S2/c1-2-21(27(24,25)16-6-4-3-5-7-16)15-8-9-17-14(12-15)13-18(26-17)19(23)20-10-11-22/h3-9,12-13,22H,2,10-11H2,1H3,(H,20,23). The van der Waals surface area contributed by atoms with Crippen LogP contribution in [0.4, 0.5) is 5.69 Å². The van der Waals surface area contributed by atoms with E-state index in [-0.39, 0.29) is 30.5 Å². The first-order valence-electron chi connectivity index (χ1n) is 8.48. The second-order valence-corrected chi connectivity index (χ2v) is 8.74. The minimum Gasteiger partial charge on any atom is -0.395 e. The minimum atomic E-state index is -3.66. The molecule has 0 bridgehead atoms. The molecule has 3 rings (SSSR count). The second kappa shape index (κ2) is 8.08. The van der Waals surface area contributed by atoms with Crippen LogP contribution in [0, 0.1) is 0 Å². The van der Waals surface area contributed by atoms with E-state index in [0.717, 1.165) is 10.1 Å². The molecule has 1 heterocycles. The number of nitrogens with zero attached hydrogens (tertiary/aromatic N) is 1. The van der Waals surface area contributed by atoms with Crippen molar-refractivity contribution in [2.24, 2.45) is 0 Å². The van der Waals surface area contributed by atoms with E-state index < -0.39 is 10.0 Å². The van der Waals surface area contributed by atoms with Gasteiger partial charge in [0.25, 0.3) is 15.9 Å². The topological polar surface area (TPSA) is 86.7 Å². The van der Waals surface area contributed by atoms with Crippen LogP contribution in [0.25, 0.3) is 10.1 Å². The maximum Gasteiger partial charge on any atom is 0.264 e. The Kier molecular flexibility index (Phi) is 5.79. The first-order chi connectivity index (χ1) is 13.0. The average Bonchev–Trinajstić information content (AvgIpc) is 3.11. The molecule has 142 valence electrons. The summed E-state index contributed by atoms with van der Waals surface area (Å²) in [4.78, 5) is 12.8. The smallest absolute Gasteiger partial charge is 0.264 e. The zero-order chi connectivity index (χ0) is 19.4. The van der Waals surface area contributed by atoms with Crippen LogP contribution in [0.3, 0.4) is 0 Å². The van der Waals surface area contributed by atoms with Crippen LogP contribution in [-0.2, 0) is 10.0 Å². The molecule has 0 atom stereocenters. The van der Waals surface area contributed by atoms with Gasteiger partial charge in [-0.25, -0.2) is 8.42 Å². The molecule has 0 spiro atoms. The van der Waals surface area contributed by atoms with Gasteiger partial charge < -0.3 is 10.4 Å². The van der Waals surface area contributed by atoms with Gasteiger partial charge in [-0.2, -0.15) is 0 Å². The Hall–Kier alpha value is -2.42. The lowest BCUT2D eigenvalue weighted by Gasteiger charge is -2.23. The Labute approximate surface area is 162 Å². The molecule has 0 aliphatic carbocycles. The van der Waals surface area contributed by atoms with Crippen molar-refractivity contribution in [2.75, 3.05) is 24.0 Å².